The highest BCUT2D eigenvalue weighted by Crippen LogP contribution is 2.30. The van der Waals surface area contributed by atoms with Crippen molar-refractivity contribution in [3.05, 3.63) is 36.4 Å². The van der Waals surface area contributed by atoms with Gasteiger partial charge in [-0.05, 0) is 37.8 Å². The third-order valence-corrected chi connectivity index (χ3v) is 6.23. The number of aliphatic hydroxyl groups excluding tert-OH is 1. The lowest BCUT2D eigenvalue weighted by Crippen LogP contribution is -2.38. The number of nitrogens with zero attached hydrogens (tertiary/aromatic N) is 1. The first-order valence-corrected chi connectivity index (χ1v) is 9.76. The van der Waals surface area contributed by atoms with Gasteiger partial charge in [-0.15, -0.1) is 0 Å². The Bertz CT molecular complexity index is 825. The van der Waals surface area contributed by atoms with Crippen LogP contribution < -0.4 is 9.62 Å². The third kappa shape index (κ3) is 3.41. The Balaban J connectivity index is 1.97. The Morgan fingerprint density at radius 3 is 2.29 bits per heavy atom. The zero-order valence-electron chi connectivity index (χ0n) is 14.1. The minimum atomic E-state index is -3.60. The first-order valence-electron chi connectivity index (χ1n) is 8.28. The van der Waals surface area contributed by atoms with E-state index in [9.17, 15) is 13.5 Å². The maximum absolute atomic E-state index is 12.9. The Kier molecular flexibility index (Phi) is 4.80. The van der Waals surface area contributed by atoms with Gasteiger partial charge < -0.3 is 10.0 Å². The van der Waals surface area contributed by atoms with Crippen LogP contribution in [0.25, 0.3) is 10.8 Å². The molecule has 0 saturated heterocycles. The lowest BCUT2D eigenvalue weighted by Gasteiger charge is -2.26. The van der Waals surface area contributed by atoms with Crippen LogP contribution in [0.1, 0.15) is 25.7 Å². The fourth-order valence-corrected chi connectivity index (χ4v) is 4.89. The summed E-state index contributed by atoms with van der Waals surface area (Å²) in [5, 5.41) is 11.2. The zero-order chi connectivity index (χ0) is 17.3. The zero-order valence-corrected chi connectivity index (χ0v) is 14.9. The number of nitrogens with one attached hydrogen (secondary N) is 1. The standard InChI is InChI=1S/C18H24N2O3S/c1-20(2)17-7-3-6-16-15(17)5-4-8-18(16)24(22,23)19-13-9-11-14(21)12-10-13/h3-8,13-14,19,21H,9-12H2,1-2H3. The van der Waals surface area contributed by atoms with Gasteiger partial charge >= 0.3 is 0 Å². The molecule has 1 aliphatic rings. The van der Waals surface area contributed by atoms with Crippen molar-refractivity contribution in [1.82, 2.24) is 4.72 Å². The van der Waals surface area contributed by atoms with Crippen molar-refractivity contribution in [3.63, 3.8) is 0 Å². The monoisotopic (exact) mass is 348 g/mol. The topological polar surface area (TPSA) is 69.6 Å². The van der Waals surface area contributed by atoms with Crippen LogP contribution in [-0.4, -0.2) is 39.8 Å². The number of anilines is 1. The fraction of sp³-hybridized carbons (Fsp3) is 0.444. The minimum Gasteiger partial charge on any atom is -0.393 e. The van der Waals surface area contributed by atoms with Crippen LogP contribution in [0.5, 0.6) is 0 Å². The van der Waals surface area contributed by atoms with Crippen LogP contribution in [-0.2, 0) is 10.0 Å². The summed E-state index contributed by atoms with van der Waals surface area (Å²) in [4.78, 5) is 2.30. The van der Waals surface area contributed by atoms with Gasteiger partial charge in [0.25, 0.3) is 0 Å². The van der Waals surface area contributed by atoms with E-state index >= 15 is 0 Å². The van der Waals surface area contributed by atoms with Crippen LogP contribution >= 0.6 is 0 Å². The highest BCUT2D eigenvalue weighted by Gasteiger charge is 2.26. The summed E-state index contributed by atoms with van der Waals surface area (Å²) in [7, 11) is 0.295. The maximum Gasteiger partial charge on any atom is 0.241 e. The lowest BCUT2D eigenvalue weighted by molar-refractivity contribution is 0.120. The first-order chi connectivity index (χ1) is 11.4. The summed E-state index contributed by atoms with van der Waals surface area (Å²) in [5.74, 6) is 0. The van der Waals surface area contributed by atoms with E-state index in [0.29, 0.717) is 30.6 Å². The summed E-state index contributed by atoms with van der Waals surface area (Å²) in [6, 6.07) is 11.0. The molecule has 0 atom stereocenters. The van der Waals surface area contributed by atoms with E-state index in [1.54, 1.807) is 12.1 Å². The average molecular weight is 348 g/mol. The third-order valence-electron chi connectivity index (χ3n) is 4.65. The van der Waals surface area contributed by atoms with E-state index < -0.39 is 10.0 Å². The van der Waals surface area contributed by atoms with Crippen molar-refractivity contribution < 1.29 is 13.5 Å². The molecule has 1 fully saturated rings. The number of aliphatic hydroxyl groups is 1. The van der Waals surface area contributed by atoms with Crippen LogP contribution in [0.4, 0.5) is 5.69 Å². The highest BCUT2D eigenvalue weighted by molar-refractivity contribution is 7.89. The maximum atomic E-state index is 12.9. The van der Waals surface area contributed by atoms with E-state index in [4.69, 9.17) is 0 Å². The van der Waals surface area contributed by atoms with E-state index in [1.807, 2.05) is 43.3 Å². The Labute approximate surface area is 143 Å². The molecule has 1 aliphatic carbocycles. The van der Waals surface area contributed by atoms with Gasteiger partial charge in [-0.1, -0.05) is 24.3 Å². The van der Waals surface area contributed by atoms with Crippen LogP contribution in [0.3, 0.4) is 0 Å². The molecule has 0 amide bonds. The molecule has 5 nitrogen and oxygen atoms in total. The van der Waals surface area contributed by atoms with Gasteiger partial charge in [-0.2, -0.15) is 0 Å². The molecule has 1 saturated carbocycles. The van der Waals surface area contributed by atoms with Gasteiger partial charge in [-0.3, -0.25) is 0 Å². The van der Waals surface area contributed by atoms with Crippen molar-refractivity contribution in [2.75, 3.05) is 19.0 Å². The van der Waals surface area contributed by atoms with E-state index in [2.05, 4.69) is 4.72 Å². The molecular weight excluding hydrogens is 324 g/mol. The molecule has 0 aromatic heterocycles. The SMILES string of the molecule is CN(C)c1cccc2c(S(=O)(=O)NC3CCC(O)CC3)cccc12. The molecule has 0 unspecified atom stereocenters. The molecule has 24 heavy (non-hydrogen) atoms. The van der Waals surface area contributed by atoms with E-state index in [0.717, 1.165) is 16.5 Å². The van der Waals surface area contributed by atoms with Gasteiger partial charge in [0.1, 0.15) is 0 Å². The Morgan fingerprint density at radius 2 is 1.62 bits per heavy atom. The largest absolute Gasteiger partial charge is 0.393 e. The van der Waals surface area contributed by atoms with Crippen molar-refractivity contribution in [1.29, 1.82) is 0 Å². The van der Waals surface area contributed by atoms with Gasteiger partial charge in [0.15, 0.2) is 0 Å². The van der Waals surface area contributed by atoms with Crippen LogP contribution in [0.2, 0.25) is 0 Å². The number of sulfonamides is 1. The lowest BCUT2D eigenvalue weighted by atomic mass is 9.94. The molecule has 2 aromatic rings. The van der Waals surface area contributed by atoms with Crippen molar-refractivity contribution in [2.24, 2.45) is 0 Å². The molecule has 0 heterocycles. The second-order valence-corrected chi connectivity index (χ2v) is 8.33. The molecular formula is C18H24N2O3S. The molecule has 0 radical (unpaired) electrons. The van der Waals surface area contributed by atoms with Crippen molar-refractivity contribution in [2.45, 2.75) is 42.7 Å². The number of benzene rings is 2. The Hall–Kier alpha value is -1.63. The number of hydrogen-bond acceptors (Lipinski definition) is 4. The number of fused-ring (bicyclic) bond motifs is 1. The van der Waals surface area contributed by atoms with Crippen molar-refractivity contribution >= 4 is 26.5 Å². The fourth-order valence-electron chi connectivity index (χ4n) is 3.37. The molecule has 130 valence electrons. The van der Waals surface area contributed by atoms with Gasteiger partial charge in [-0.25, -0.2) is 13.1 Å². The normalized spacial score (nSPS) is 21.8. The van der Waals surface area contributed by atoms with Gasteiger partial charge in [0.05, 0.1) is 11.0 Å². The highest BCUT2D eigenvalue weighted by atomic mass is 32.2. The second kappa shape index (κ2) is 6.70. The Morgan fingerprint density at radius 1 is 1.00 bits per heavy atom. The summed E-state index contributed by atoms with van der Waals surface area (Å²) < 4.78 is 28.6. The van der Waals surface area contributed by atoms with Gasteiger partial charge in [0.2, 0.25) is 10.0 Å². The average Bonchev–Trinajstić information content (AvgIpc) is 2.55. The smallest absolute Gasteiger partial charge is 0.241 e. The second-order valence-electron chi connectivity index (χ2n) is 6.65. The molecule has 0 bridgehead atoms. The molecule has 2 N–H and O–H groups in total. The molecule has 0 spiro atoms. The van der Waals surface area contributed by atoms with E-state index in [1.165, 1.54) is 0 Å². The predicted molar refractivity (Wildman–Crippen MR) is 96.9 cm³/mol. The summed E-state index contributed by atoms with van der Waals surface area (Å²) in [6.45, 7) is 0. The van der Waals surface area contributed by atoms with Crippen LogP contribution in [0.15, 0.2) is 41.3 Å². The quantitative estimate of drug-likeness (QED) is 0.891. The van der Waals surface area contributed by atoms with E-state index in [-0.39, 0.29) is 12.1 Å². The molecule has 6 heteroatoms. The predicted octanol–water partition coefficient (Wildman–Crippen LogP) is 2.49. The minimum absolute atomic E-state index is 0.106. The van der Waals surface area contributed by atoms with Crippen molar-refractivity contribution in [3.8, 4) is 0 Å². The first kappa shape index (κ1) is 17.2. The number of hydrogen-bond donors (Lipinski definition) is 2. The molecule has 2 aromatic carbocycles. The molecule has 0 aliphatic heterocycles. The summed E-state index contributed by atoms with van der Waals surface area (Å²) >= 11 is 0. The van der Waals surface area contributed by atoms with Gasteiger partial charge in [0, 0.05) is 36.6 Å². The van der Waals surface area contributed by atoms with Crippen LogP contribution in [0, 0.1) is 0 Å². The summed E-state index contributed by atoms with van der Waals surface area (Å²) in [6.07, 6.45) is 2.34. The summed E-state index contributed by atoms with van der Waals surface area (Å²) in [5.41, 5.74) is 0.991. The number of rotatable bonds is 4. The molecule has 3 rings (SSSR count).